The second-order valence-corrected chi connectivity index (χ2v) is 5.34. The highest BCUT2D eigenvalue weighted by atomic mass is 35.5. The lowest BCUT2D eigenvalue weighted by Crippen LogP contribution is -2.50. The first-order valence-corrected chi connectivity index (χ1v) is 6.97. The fourth-order valence-corrected chi connectivity index (χ4v) is 2.10. The number of ether oxygens (including phenoxy) is 1. The monoisotopic (exact) mass is 316 g/mol. The summed E-state index contributed by atoms with van der Waals surface area (Å²) in [6.45, 7) is 6.02. The van der Waals surface area contributed by atoms with Gasteiger partial charge in [0.1, 0.15) is 17.7 Å². The van der Waals surface area contributed by atoms with E-state index in [1.165, 1.54) is 12.1 Å². The normalized spacial score (nSPS) is 17.1. The van der Waals surface area contributed by atoms with Crippen molar-refractivity contribution in [3.8, 4) is 5.75 Å². The van der Waals surface area contributed by atoms with Crippen LogP contribution in [0.3, 0.4) is 0 Å². The van der Waals surface area contributed by atoms with Gasteiger partial charge in [0.25, 0.3) is 0 Å². The van der Waals surface area contributed by atoms with E-state index in [0.29, 0.717) is 18.2 Å². The number of halogens is 2. The summed E-state index contributed by atoms with van der Waals surface area (Å²) in [4.78, 5) is 11.9. The summed E-state index contributed by atoms with van der Waals surface area (Å²) < 4.78 is 18.6. The maximum absolute atomic E-state index is 13.0. The van der Waals surface area contributed by atoms with E-state index < -0.39 is 0 Å². The molecule has 1 aromatic rings. The van der Waals surface area contributed by atoms with Gasteiger partial charge in [-0.25, -0.2) is 4.39 Å². The minimum Gasteiger partial charge on any atom is -0.489 e. The molecule has 0 aliphatic carbocycles. The van der Waals surface area contributed by atoms with Crippen LogP contribution < -0.4 is 15.4 Å². The summed E-state index contributed by atoms with van der Waals surface area (Å²) in [7, 11) is 0. The number of hydrogen-bond acceptors (Lipinski definition) is 3. The number of amides is 1. The van der Waals surface area contributed by atoms with Gasteiger partial charge < -0.3 is 15.4 Å². The molecule has 1 saturated heterocycles. The fraction of sp³-hybridized carbons (Fsp3) is 0.533. The molecule has 0 radical (unpaired) electrons. The molecular formula is C15H22ClFN2O2. The predicted octanol–water partition coefficient (Wildman–Crippen LogP) is 1.99. The Hall–Kier alpha value is -1.33. The Morgan fingerprint density at radius 1 is 1.48 bits per heavy atom. The Bertz CT molecular complexity index is 469. The van der Waals surface area contributed by atoms with Gasteiger partial charge in [-0.15, -0.1) is 12.4 Å². The minimum absolute atomic E-state index is 0. The highest BCUT2D eigenvalue weighted by molar-refractivity contribution is 5.85. The molecule has 1 heterocycles. The first kappa shape index (κ1) is 17.7. The van der Waals surface area contributed by atoms with Gasteiger partial charge in [-0.2, -0.15) is 0 Å². The van der Waals surface area contributed by atoms with E-state index >= 15 is 0 Å². The molecule has 1 aromatic carbocycles. The molecule has 0 spiro atoms. The molecule has 2 N–H and O–H groups in total. The molecule has 0 saturated carbocycles. The predicted molar refractivity (Wildman–Crippen MR) is 82.3 cm³/mol. The summed E-state index contributed by atoms with van der Waals surface area (Å²) in [6, 6.07) is 6.00. The van der Waals surface area contributed by atoms with E-state index in [1.807, 2.05) is 13.8 Å². The van der Waals surface area contributed by atoms with Gasteiger partial charge in [0.15, 0.2) is 0 Å². The quantitative estimate of drug-likeness (QED) is 0.844. The minimum atomic E-state index is -0.329. The Balaban J connectivity index is 0.00000220. The van der Waals surface area contributed by atoms with Crippen LogP contribution in [0.1, 0.15) is 13.8 Å². The van der Waals surface area contributed by atoms with Crippen molar-refractivity contribution in [2.45, 2.75) is 20.0 Å². The van der Waals surface area contributed by atoms with Crippen LogP contribution >= 0.6 is 12.4 Å². The second-order valence-electron chi connectivity index (χ2n) is 5.34. The third-order valence-electron chi connectivity index (χ3n) is 3.63. The van der Waals surface area contributed by atoms with Crippen LogP contribution in [0.15, 0.2) is 24.3 Å². The molecule has 21 heavy (non-hydrogen) atoms. The number of hydrogen-bond donors (Lipinski definition) is 2. The fourth-order valence-electron chi connectivity index (χ4n) is 2.10. The lowest BCUT2D eigenvalue weighted by atomic mass is 9.88. The largest absolute Gasteiger partial charge is 0.489 e. The van der Waals surface area contributed by atoms with Crippen molar-refractivity contribution in [1.29, 1.82) is 0 Å². The van der Waals surface area contributed by atoms with Gasteiger partial charge in [-0.3, -0.25) is 4.79 Å². The zero-order valence-corrected chi connectivity index (χ0v) is 13.1. The molecule has 4 nitrogen and oxygen atoms in total. The summed E-state index contributed by atoms with van der Waals surface area (Å²) in [5.41, 5.74) is 0. The van der Waals surface area contributed by atoms with E-state index in [4.69, 9.17) is 4.74 Å². The Kier molecular flexibility index (Phi) is 6.92. The molecule has 1 fully saturated rings. The molecule has 1 aliphatic rings. The van der Waals surface area contributed by atoms with Crippen LogP contribution in [0.5, 0.6) is 5.75 Å². The molecule has 2 rings (SSSR count). The van der Waals surface area contributed by atoms with Crippen LogP contribution in [-0.2, 0) is 4.79 Å². The van der Waals surface area contributed by atoms with Gasteiger partial charge in [0.2, 0.25) is 5.91 Å². The Morgan fingerprint density at radius 2 is 2.19 bits per heavy atom. The van der Waals surface area contributed by atoms with E-state index in [1.54, 1.807) is 12.1 Å². The molecule has 1 amide bonds. The van der Waals surface area contributed by atoms with Crippen molar-refractivity contribution < 1.29 is 13.9 Å². The van der Waals surface area contributed by atoms with Crippen molar-refractivity contribution in [1.82, 2.24) is 10.6 Å². The molecular weight excluding hydrogens is 295 g/mol. The van der Waals surface area contributed by atoms with Crippen molar-refractivity contribution in [2.75, 3.05) is 19.6 Å². The zero-order valence-electron chi connectivity index (χ0n) is 12.3. The maximum Gasteiger partial charge on any atom is 0.223 e. The van der Waals surface area contributed by atoms with Gasteiger partial charge >= 0.3 is 0 Å². The molecule has 6 heteroatoms. The smallest absolute Gasteiger partial charge is 0.223 e. The molecule has 2 atom stereocenters. The van der Waals surface area contributed by atoms with Crippen LogP contribution in [0, 0.1) is 17.7 Å². The van der Waals surface area contributed by atoms with Gasteiger partial charge in [-0.1, -0.05) is 13.0 Å². The molecule has 0 bridgehead atoms. The summed E-state index contributed by atoms with van der Waals surface area (Å²) in [5.74, 6) is 0.631. The summed E-state index contributed by atoms with van der Waals surface area (Å²) >= 11 is 0. The molecule has 1 aliphatic heterocycles. The average Bonchev–Trinajstić information content (AvgIpc) is 2.33. The van der Waals surface area contributed by atoms with Crippen molar-refractivity contribution in [3.63, 3.8) is 0 Å². The number of nitrogens with one attached hydrogen (secondary N) is 2. The van der Waals surface area contributed by atoms with Crippen molar-refractivity contribution >= 4 is 18.3 Å². The van der Waals surface area contributed by atoms with E-state index in [0.717, 1.165) is 13.1 Å². The van der Waals surface area contributed by atoms with E-state index in [-0.39, 0.29) is 36.2 Å². The highest BCUT2D eigenvalue weighted by Crippen LogP contribution is 2.16. The van der Waals surface area contributed by atoms with Gasteiger partial charge in [0.05, 0.1) is 6.54 Å². The highest BCUT2D eigenvalue weighted by Gasteiger charge is 2.28. The number of carbonyl (C=O) groups is 1. The van der Waals surface area contributed by atoms with Crippen LogP contribution in [-0.4, -0.2) is 31.6 Å². The average molecular weight is 317 g/mol. The number of rotatable bonds is 6. The third-order valence-corrected chi connectivity index (χ3v) is 3.63. The Morgan fingerprint density at radius 3 is 2.76 bits per heavy atom. The molecule has 2 unspecified atom stereocenters. The van der Waals surface area contributed by atoms with Crippen molar-refractivity contribution in [3.05, 3.63) is 30.1 Å². The number of benzene rings is 1. The number of carbonyl (C=O) groups excluding carboxylic acids is 1. The van der Waals surface area contributed by atoms with Crippen LogP contribution in [0.25, 0.3) is 0 Å². The van der Waals surface area contributed by atoms with Gasteiger partial charge in [0, 0.05) is 12.0 Å². The van der Waals surface area contributed by atoms with E-state index in [2.05, 4.69) is 10.6 Å². The summed E-state index contributed by atoms with van der Waals surface area (Å²) in [6.07, 6.45) is -0.201. The lowest BCUT2D eigenvalue weighted by molar-refractivity contribution is -0.127. The topological polar surface area (TPSA) is 50.4 Å². The first-order chi connectivity index (χ1) is 9.56. The zero-order chi connectivity index (χ0) is 14.5. The van der Waals surface area contributed by atoms with Crippen LogP contribution in [0.2, 0.25) is 0 Å². The Labute approximate surface area is 130 Å². The molecule has 0 aromatic heterocycles. The lowest BCUT2D eigenvalue weighted by Gasteiger charge is -2.32. The first-order valence-electron chi connectivity index (χ1n) is 6.97. The maximum atomic E-state index is 13.0. The third kappa shape index (κ3) is 5.17. The van der Waals surface area contributed by atoms with Crippen molar-refractivity contribution in [2.24, 2.45) is 11.8 Å². The molecule has 118 valence electrons. The summed E-state index contributed by atoms with van der Waals surface area (Å²) in [5, 5.41) is 6.04. The van der Waals surface area contributed by atoms with Gasteiger partial charge in [-0.05, 0) is 38.1 Å². The standard InChI is InChI=1S/C15H21FN2O2.ClH/c1-10(20-14-5-3-4-13(16)6-14)7-18-15(19)11(2)12-8-17-9-12;/h3-6,10-12,17H,7-9H2,1-2H3,(H,18,19);1H. The van der Waals surface area contributed by atoms with E-state index in [9.17, 15) is 9.18 Å². The second kappa shape index (κ2) is 8.20. The SMILES string of the molecule is CC(CNC(=O)C(C)C1CNC1)Oc1cccc(F)c1.Cl. The van der Waals surface area contributed by atoms with Crippen LogP contribution in [0.4, 0.5) is 4.39 Å².